The topological polar surface area (TPSA) is 63.1 Å². The van der Waals surface area contributed by atoms with Crippen LogP contribution in [-0.4, -0.2) is 39.3 Å². The fourth-order valence-corrected chi connectivity index (χ4v) is 5.09. The molecule has 180 valence electrons. The normalized spacial score (nSPS) is 15.4. The number of aryl methyl sites for hydroxylation is 2. The van der Waals surface area contributed by atoms with Gasteiger partial charge in [0.25, 0.3) is 0 Å². The summed E-state index contributed by atoms with van der Waals surface area (Å²) >= 11 is 0. The van der Waals surface area contributed by atoms with Crippen LogP contribution in [-0.2, 0) is 36.0 Å². The number of ether oxygens (including phenoxy) is 1. The van der Waals surface area contributed by atoms with Crippen molar-refractivity contribution in [1.82, 2.24) is 19.7 Å². The molecule has 0 fully saturated rings. The highest BCUT2D eigenvalue weighted by molar-refractivity contribution is 5.87. The van der Waals surface area contributed by atoms with Crippen LogP contribution in [0.5, 0.6) is 0 Å². The van der Waals surface area contributed by atoms with E-state index >= 15 is 0 Å². The molecule has 5 rings (SSSR count). The van der Waals surface area contributed by atoms with E-state index in [2.05, 4.69) is 39.4 Å². The second-order valence-electron chi connectivity index (χ2n) is 9.12. The van der Waals surface area contributed by atoms with Gasteiger partial charge < -0.3 is 9.72 Å². The van der Waals surface area contributed by atoms with Crippen molar-refractivity contribution in [1.29, 1.82) is 0 Å². The van der Waals surface area contributed by atoms with Gasteiger partial charge in [-0.2, -0.15) is 5.10 Å². The van der Waals surface area contributed by atoms with Crippen molar-refractivity contribution >= 4 is 22.9 Å². The Bertz CT molecular complexity index is 1390. The Labute approximate surface area is 204 Å². The number of aromatic amines is 1. The Morgan fingerprint density at radius 2 is 2.20 bits per heavy atom. The molecule has 2 aromatic heterocycles. The average molecular weight is 473 g/mol. The number of H-pyrrole nitrogens is 1. The number of nitrogens with zero attached hydrogens (tertiary/aromatic N) is 3. The van der Waals surface area contributed by atoms with Crippen molar-refractivity contribution < 1.29 is 13.9 Å². The van der Waals surface area contributed by atoms with Gasteiger partial charge in [-0.05, 0) is 65.8 Å². The summed E-state index contributed by atoms with van der Waals surface area (Å²) in [4.78, 5) is 17.2. The molecule has 1 N–H and O–H groups in total. The van der Waals surface area contributed by atoms with E-state index in [-0.39, 0.29) is 11.8 Å². The lowest BCUT2D eigenvalue weighted by molar-refractivity contribution is -0.134. The van der Waals surface area contributed by atoms with Crippen molar-refractivity contribution in [3.63, 3.8) is 0 Å². The molecule has 2 aromatic carbocycles. The predicted octanol–water partition coefficient (Wildman–Crippen LogP) is 4.96. The van der Waals surface area contributed by atoms with Gasteiger partial charge in [-0.15, -0.1) is 0 Å². The number of halogens is 1. The molecule has 6 nitrogen and oxygen atoms in total. The largest absolute Gasteiger partial charge is 0.466 e. The molecule has 0 radical (unpaired) electrons. The van der Waals surface area contributed by atoms with Crippen LogP contribution < -0.4 is 0 Å². The standard InChI is InChI=1S/C28H29FN4O2/c1-32-17-20(15-31-32)18-33(12-11-22-16-30-26-14-23(29)6-8-24(22)26)27-9-5-21-13-19(3-7-25(21)27)4-10-28(34)35-2/h3-4,6-8,10,13-17,27,30H,5,9,11-12,18H2,1-2H3/b10-4+. The van der Waals surface area contributed by atoms with Gasteiger partial charge in [-0.1, -0.05) is 18.2 Å². The molecule has 1 aliphatic rings. The first kappa shape index (κ1) is 23.1. The number of fused-ring (bicyclic) bond motifs is 2. The number of rotatable bonds is 8. The second-order valence-corrected chi connectivity index (χ2v) is 9.12. The summed E-state index contributed by atoms with van der Waals surface area (Å²) < 4.78 is 20.2. The maximum Gasteiger partial charge on any atom is 0.330 e. The molecule has 7 heteroatoms. The van der Waals surface area contributed by atoms with E-state index in [1.165, 1.54) is 41.5 Å². The molecule has 1 unspecified atom stereocenters. The molecular weight excluding hydrogens is 443 g/mol. The van der Waals surface area contributed by atoms with Gasteiger partial charge in [0.2, 0.25) is 0 Å². The third-order valence-corrected chi connectivity index (χ3v) is 6.81. The Hall–Kier alpha value is -3.71. The summed E-state index contributed by atoms with van der Waals surface area (Å²) in [5.74, 6) is -0.585. The van der Waals surface area contributed by atoms with Crippen LogP contribution in [0, 0.1) is 5.82 Å². The number of esters is 1. The summed E-state index contributed by atoms with van der Waals surface area (Å²) in [5, 5.41) is 5.43. The minimum Gasteiger partial charge on any atom is -0.466 e. The predicted molar refractivity (Wildman–Crippen MR) is 134 cm³/mol. The van der Waals surface area contributed by atoms with Crippen LogP contribution in [0.4, 0.5) is 4.39 Å². The number of aromatic nitrogens is 3. The fourth-order valence-electron chi connectivity index (χ4n) is 5.09. The number of methoxy groups -OCH3 is 1. The van der Waals surface area contributed by atoms with Gasteiger partial charge in [0.15, 0.2) is 0 Å². The summed E-state index contributed by atoms with van der Waals surface area (Å²) in [5.41, 5.74) is 6.86. The number of nitrogens with one attached hydrogen (secondary N) is 1. The van der Waals surface area contributed by atoms with Crippen LogP contribution in [0.25, 0.3) is 17.0 Å². The van der Waals surface area contributed by atoms with Crippen molar-refractivity contribution in [2.45, 2.75) is 31.8 Å². The lowest BCUT2D eigenvalue weighted by Gasteiger charge is -2.29. The van der Waals surface area contributed by atoms with Gasteiger partial charge in [-0.25, -0.2) is 9.18 Å². The Morgan fingerprint density at radius 1 is 1.31 bits per heavy atom. The van der Waals surface area contributed by atoms with Crippen molar-refractivity contribution in [3.8, 4) is 0 Å². The molecule has 4 aromatic rings. The molecule has 0 spiro atoms. The summed E-state index contributed by atoms with van der Waals surface area (Å²) in [6.07, 6.45) is 12.1. The quantitative estimate of drug-likeness (QED) is 0.291. The zero-order valence-corrected chi connectivity index (χ0v) is 20.0. The molecule has 0 saturated carbocycles. The summed E-state index contributed by atoms with van der Waals surface area (Å²) in [7, 11) is 3.32. The summed E-state index contributed by atoms with van der Waals surface area (Å²) in [6.45, 7) is 1.67. The highest BCUT2D eigenvalue weighted by atomic mass is 19.1. The molecular formula is C28H29FN4O2. The number of benzene rings is 2. The minimum absolute atomic E-state index is 0.229. The van der Waals surface area contributed by atoms with Gasteiger partial charge in [0.1, 0.15) is 5.82 Å². The van der Waals surface area contributed by atoms with E-state index < -0.39 is 0 Å². The maximum atomic E-state index is 13.6. The average Bonchev–Trinajstić information content (AvgIpc) is 3.58. The van der Waals surface area contributed by atoms with Crippen LogP contribution >= 0.6 is 0 Å². The highest BCUT2D eigenvalue weighted by Crippen LogP contribution is 2.37. The molecule has 0 amide bonds. The fraction of sp³-hybridized carbons (Fsp3) is 0.286. The molecule has 35 heavy (non-hydrogen) atoms. The van der Waals surface area contributed by atoms with Crippen LogP contribution in [0.1, 0.15) is 40.3 Å². The lowest BCUT2D eigenvalue weighted by Crippen LogP contribution is -2.29. The molecule has 1 aliphatic carbocycles. The minimum atomic E-state index is -0.356. The summed E-state index contributed by atoms with van der Waals surface area (Å²) in [6, 6.07) is 11.6. The van der Waals surface area contributed by atoms with Crippen LogP contribution in [0.15, 0.2) is 61.1 Å². The van der Waals surface area contributed by atoms with E-state index in [1.807, 2.05) is 30.2 Å². The first-order chi connectivity index (χ1) is 17.0. The Balaban J connectivity index is 1.38. The molecule has 0 aliphatic heterocycles. The van der Waals surface area contributed by atoms with E-state index in [9.17, 15) is 9.18 Å². The molecule has 0 bridgehead atoms. The van der Waals surface area contributed by atoms with E-state index in [0.29, 0.717) is 6.04 Å². The van der Waals surface area contributed by atoms with Gasteiger partial charge in [0.05, 0.1) is 13.3 Å². The lowest BCUT2D eigenvalue weighted by atomic mass is 10.0. The zero-order chi connectivity index (χ0) is 24.4. The molecule has 0 saturated heterocycles. The molecule has 1 atom stereocenters. The monoisotopic (exact) mass is 472 g/mol. The number of carbonyl (C=O) groups excluding carboxylic acids is 1. The molecule has 2 heterocycles. The van der Waals surface area contributed by atoms with Crippen molar-refractivity contribution in [3.05, 3.63) is 94.7 Å². The van der Waals surface area contributed by atoms with Crippen molar-refractivity contribution in [2.24, 2.45) is 7.05 Å². The van der Waals surface area contributed by atoms with Gasteiger partial charge in [0, 0.05) is 61.1 Å². The highest BCUT2D eigenvalue weighted by Gasteiger charge is 2.28. The zero-order valence-electron chi connectivity index (χ0n) is 20.0. The van der Waals surface area contributed by atoms with E-state index in [4.69, 9.17) is 4.74 Å². The SMILES string of the molecule is COC(=O)/C=C/c1ccc2c(c1)CCC2N(CCc1c[nH]c2cc(F)ccc12)Cc1cnn(C)c1. The second kappa shape index (κ2) is 9.88. The van der Waals surface area contributed by atoms with Crippen LogP contribution in [0.2, 0.25) is 0 Å². The first-order valence-electron chi connectivity index (χ1n) is 11.9. The van der Waals surface area contributed by atoms with E-state index in [1.54, 1.807) is 12.1 Å². The number of hydrogen-bond acceptors (Lipinski definition) is 4. The number of hydrogen-bond donors (Lipinski definition) is 1. The number of carbonyl (C=O) groups is 1. The van der Waals surface area contributed by atoms with E-state index in [0.717, 1.165) is 48.8 Å². The third kappa shape index (κ3) is 5.05. The van der Waals surface area contributed by atoms with Crippen LogP contribution in [0.3, 0.4) is 0 Å². The Morgan fingerprint density at radius 3 is 3.00 bits per heavy atom. The first-order valence-corrected chi connectivity index (χ1v) is 11.9. The Kier molecular flexibility index (Phi) is 6.51. The van der Waals surface area contributed by atoms with Crippen molar-refractivity contribution in [2.75, 3.05) is 13.7 Å². The smallest absolute Gasteiger partial charge is 0.330 e. The van der Waals surface area contributed by atoms with Gasteiger partial charge in [-0.3, -0.25) is 9.58 Å². The maximum absolute atomic E-state index is 13.6. The van der Waals surface area contributed by atoms with Gasteiger partial charge >= 0.3 is 5.97 Å². The third-order valence-electron chi connectivity index (χ3n) is 6.81.